The maximum Gasteiger partial charge on any atom is 0.0870 e. The molecule has 0 saturated heterocycles. The van der Waals surface area contributed by atoms with Gasteiger partial charge in [-0.3, -0.25) is 0 Å². The minimum absolute atomic E-state index is 0.581. The lowest BCUT2D eigenvalue weighted by Gasteiger charge is -2.09. The Morgan fingerprint density at radius 2 is 2.00 bits per heavy atom. The first-order valence-corrected chi connectivity index (χ1v) is 8.18. The van der Waals surface area contributed by atoms with Crippen LogP contribution in [0.3, 0.4) is 0 Å². The SMILES string of the molecule is Cc1cnn(-c2ccc(Cl)cc2Cl)c1-c1ccc(Br)s1. The Morgan fingerprint density at radius 1 is 1.20 bits per heavy atom. The molecule has 0 bridgehead atoms. The predicted molar refractivity (Wildman–Crippen MR) is 89.3 cm³/mol. The molecule has 0 atom stereocenters. The molecule has 0 saturated carbocycles. The van der Waals surface area contributed by atoms with E-state index in [1.165, 1.54) is 0 Å². The summed E-state index contributed by atoms with van der Waals surface area (Å²) in [6.45, 7) is 2.04. The lowest BCUT2D eigenvalue weighted by Crippen LogP contribution is -1.99. The second-order valence-corrected chi connectivity index (χ2v) is 7.59. The number of benzene rings is 1. The molecule has 102 valence electrons. The van der Waals surface area contributed by atoms with Gasteiger partial charge in [0.1, 0.15) is 0 Å². The maximum atomic E-state index is 6.29. The van der Waals surface area contributed by atoms with Gasteiger partial charge in [-0.2, -0.15) is 5.10 Å². The molecule has 0 fully saturated rings. The van der Waals surface area contributed by atoms with Gasteiger partial charge >= 0.3 is 0 Å². The highest BCUT2D eigenvalue weighted by molar-refractivity contribution is 9.11. The summed E-state index contributed by atoms with van der Waals surface area (Å²) < 4.78 is 2.94. The summed E-state index contributed by atoms with van der Waals surface area (Å²) in [5.74, 6) is 0. The number of thiophene rings is 1. The quantitative estimate of drug-likeness (QED) is 0.528. The van der Waals surface area contributed by atoms with Gasteiger partial charge in [0, 0.05) is 5.02 Å². The van der Waals surface area contributed by atoms with Gasteiger partial charge in [-0.05, 0) is 58.7 Å². The van der Waals surface area contributed by atoms with E-state index in [0.717, 1.165) is 25.6 Å². The van der Waals surface area contributed by atoms with Crippen LogP contribution in [-0.2, 0) is 0 Å². The molecule has 2 heterocycles. The van der Waals surface area contributed by atoms with Crippen LogP contribution >= 0.6 is 50.5 Å². The summed E-state index contributed by atoms with van der Waals surface area (Å²) in [6.07, 6.45) is 1.84. The Bertz CT molecular complexity index is 779. The van der Waals surface area contributed by atoms with E-state index in [-0.39, 0.29) is 0 Å². The first-order chi connectivity index (χ1) is 9.56. The van der Waals surface area contributed by atoms with Gasteiger partial charge in [0.25, 0.3) is 0 Å². The first-order valence-electron chi connectivity index (χ1n) is 5.82. The average Bonchev–Trinajstić information content (AvgIpc) is 2.96. The zero-order chi connectivity index (χ0) is 14.3. The number of nitrogens with zero attached hydrogens (tertiary/aromatic N) is 2. The molecule has 2 nitrogen and oxygen atoms in total. The molecule has 0 aliphatic carbocycles. The molecule has 2 aromatic heterocycles. The molecule has 3 aromatic rings. The number of aryl methyl sites for hydroxylation is 1. The van der Waals surface area contributed by atoms with Gasteiger partial charge in [0.15, 0.2) is 0 Å². The van der Waals surface area contributed by atoms with Crippen LogP contribution in [0.25, 0.3) is 16.3 Å². The van der Waals surface area contributed by atoms with E-state index in [0.29, 0.717) is 10.0 Å². The minimum atomic E-state index is 0.581. The van der Waals surface area contributed by atoms with Crippen LogP contribution in [-0.4, -0.2) is 9.78 Å². The third-order valence-corrected chi connectivity index (χ3v) is 5.06. The van der Waals surface area contributed by atoms with Gasteiger partial charge in [0.2, 0.25) is 0 Å². The van der Waals surface area contributed by atoms with Crippen molar-refractivity contribution in [2.45, 2.75) is 6.92 Å². The molecule has 3 rings (SSSR count). The summed E-state index contributed by atoms with van der Waals surface area (Å²) in [5.41, 5.74) is 2.97. The molecule has 0 N–H and O–H groups in total. The number of hydrogen-bond donors (Lipinski definition) is 0. The van der Waals surface area contributed by atoms with Crippen LogP contribution in [0.5, 0.6) is 0 Å². The van der Waals surface area contributed by atoms with Crippen LogP contribution < -0.4 is 0 Å². The van der Waals surface area contributed by atoms with Gasteiger partial charge in [-0.15, -0.1) is 11.3 Å². The summed E-state index contributed by atoms with van der Waals surface area (Å²) in [7, 11) is 0. The lowest BCUT2D eigenvalue weighted by atomic mass is 10.2. The summed E-state index contributed by atoms with van der Waals surface area (Å²) in [4.78, 5) is 1.14. The van der Waals surface area contributed by atoms with Crippen LogP contribution in [0, 0.1) is 6.92 Å². The predicted octanol–water partition coefficient (Wildman–Crippen LogP) is 5.98. The summed E-state index contributed by atoms with van der Waals surface area (Å²) in [6, 6.07) is 9.51. The van der Waals surface area contributed by atoms with Gasteiger partial charge in [0.05, 0.1) is 31.3 Å². The number of aromatic nitrogens is 2. The minimum Gasteiger partial charge on any atom is -0.230 e. The average molecular weight is 388 g/mol. The molecule has 20 heavy (non-hydrogen) atoms. The third kappa shape index (κ3) is 2.53. The van der Waals surface area contributed by atoms with Gasteiger partial charge in [-0.1, -0.05) is 23.2 Å². The molecule has 1 aromatic carbocycles. The lowest BCUT2D eigenvalue weighted by molar-refractivity contribution is 0.890. The molecule has 0 amide bonds. The Labute approximate surface area is 139 Å². The van der Waals surface area contributed by atoms with Crippen LogP contribution in [0.4, 0.5) is 0 Å². The third-order valence-electron chi connectivity index (χ3n) is 2.90. The van der Waals surface area contributed by atoms with Crippen molar-refractivity contribution >= 4 is 50.5 Å². The van der Waals surface area contributed by atoms with Crippen LogP contribution in [0.1, 0.15) is 5.56 Å². The van der Waals surface area contributed by atoms with Crippen molar-refractivity contribution in [3.8, 4) is 16.3 Å². The van der Waals surface area contributed by atoms with Gasteiger partial charge < -0.3 is 0 Å². The second kappa shape index (κ2) is 5.53. The molecular formula is C14H9BrCl2N2S. The first kappa shape index (κ1) is 14.1. The van der Waals surface area contributed by atoms with E-state index in [2.05, 4.69) is 27.1 Å². The Morgan fingerprint density at radius 3 is 2.65 bits per heavy atom. The standard InChI is InChI=1S/C14H9BrCl2N2S/c1-8-7-18-19(11-3-2-9(16)6-10(11)17)14(8)12-4-5-13(15)20-12/h2-7H,1H3. The highest BCUT2D eigenvalue weighted by Gasteiger charge is 2.15. The van der Waals surface area contributed by atoms with E-state index >= 15 is 0 Å². The topological polar surface area (TPSA) is 17.8 Å². The maximum absolute atomic E-state index is 6.29. The summed E-state index contributed by atoms with van der Waals surface area (Å²) in [5, 5.41) is 5.64. The second-order valence-electron chi connectivity index (χ2n) is 4.29. The fraction of sp³-hybridized carbons (Fsp3) is 0.0714. The van der Waals surface area contributed by atoms with Crippen molar-refractivity contribution < 1.29 is 0 Å². The van der Waals surface area contributed by atoms with Crippen molar-refractivity contribution in [1.82, 2.24) is 9.78 Å². The molecule has 0 unspecified atom stereocenters. The highest BCUT2D eigenvalue weighted by atomic mass is 79.9. The number of rotatable bonds is 2. The van der Waals surface area contributed by atoms with E-state index in [1.807, 2.05) is 36.0 Å². The Kier molecular flexibility index (Phi) is 3.91. The zero-order valence-corrected chi connectivity index (χ0v) is 14.3. The summed E-state index contributed by atoms with van der Waals surface area (Å²) >= 11 is 17.4. The molecule has 6 heteroatoms. The smallest absolute Gasteiger partial charge is 0.0870 e. The van der Waals surface area contributed by atoms with E-state index in [1.54, 1.807) is 17.4 Å². The molecular weight excluding hydrogens is 379 g/mol. The van der Waals surface area contributed by atoms with Crippen molar-refractivity contribution in [2.24, 2.45) is 0 Å². The van der Waals surface area contributed by atoms with Crippen LogP contribution in [0.2, 0.25) is 10.0 Å². The monoisotopic (exact) mass is 386 g/mol. The number of halogens is 3. The van der Waals surface area contributed by atoms with E-state index in [4.69, 9.17) is 23.2 Å². The Balaban J connectivity index is 2.20. The largest absolute Gasteiger partial charge is 0.230 e. The molecule has 0 radical (unpaired) electrons. The van der Waals surface area contributed by atoms with E-state index < -0.39 is 0 Å². The van der Waals surface area contributed by atoms with Crippen molar-refractivity contribution in [3.63, 3.8) is 0 Å². The van der Waals surface area contributed by atoms with Gasteiger partial charge in [-0.25, -0.2) is 4.68 Å². The van der Waals surface area contributed by atoms with Crippen molar-refractivity contribution in [1.29, 1.82) is 0 Å². The molecule has 0 spiro atoms. The fourth-order valence-electron chi connectivity index (χ4n) is 2.01. The van der Waals surface area contributed by atoms with Crippen molar-refractivity contribution in [2.75, 3.05) is 0 Å². The number of hydrogen-bond acceptors (Lipinski definition) is 2. The normalized spacial score (nSPS) is 11.0. The van der Waals surface area contributed by atoms with Crippen LogP contribution in [0.15, 0.2) is 40.3 Å². The van der Waals surface area contributed by atoms with E-state index in [9.17, 15) is 0 Å². The molecule has 0 aliphatic heterocycles. The highest BCUT2D eigenvalue weighted by Crippen LogP contribution is 2.36. The fourth-order valence-corrected chi connectivity index (χ4v) is 3.98. The molecule has 0 aliphatic rings. The zero-order valence-electron chi connectivity index (χ0n) is 10.4. The Hall–Kier alpha value is -0.810. The van der Waals surface area contributed by atoms with Crippen molar-refractivity contribution in [3.05, 3.63) is 55.9 Å².